The molecule has 1 heterocycles. The summed E-state index contributed by atoms with van der Waals surface area (Å²) in [5.74, 6) is 0. The maximum Gasteiger partial charge on any atom is 0.280 e. The minimum Gasteiger partial charge on any atom is -0.326 e. The summed E-state index contributed by atoms with van der Waals surface area (Å²) in [5.41, 5.74) is 4.93. The van der Waals surface area contributed by atoms with E-state index in [-0.39, 0.29) is 17.3 Å². The Kier molecular flexibility index (Phi) is 3.33. The first-order chi connectivity index (χ1) is 6.60. The lowest BCUT2D eigenvalue weighted by Gasteiger charge is -2.05. The molecule has 0 bridgehead atoms. The minimum absolute atomic E-state index is 0.00174. The van der Waals surface area contributed by atoms with Crippen molar-refractivity contribution in [3.63, 3.8) is 0 Å². The monoisotopic (exact) mass is 217 g/mol. The lowest BCUT2D eigenvalue weighted by Crippen LogP contribution is -2.05. The highest BCUT2D eigenvalue weighted by molar-refractivity contribution is 6.31. The van der Waals surface area contributed by atoms with Crippen LogP contribution in [0.2, 0.25) is 5.02 Å². The summed E-state index contributed by atoms with van der Waals surface area (Å²) in [6, 6.07) is 2.70. The third kappa shape index (κ3) is 1.97. The van der Waals surface area contributed by atoms with Gasteiger partial charge in [0.1, 0.15) is 17.5 Å². The Labute approximate surface area is 84.1 Å². The van der Waals surface area contributed by atoms with E-state index < -0.39 is 12.1 Å². The van der Waals surface area contributed by atoms with Crippen molar-refractivity contribution < 1.29 is 8.78 Å². The van der Waals surface area contributed by atoms with Crippen LogP contribution in [0.3, 0.4) is 0 Å². The summed E-state index contributed by atoms with van der Waals surface area (Å²) in [4.78, 5) is 3.45. The number of halogens is 3. The van der Waals surface area contributed by atoms with Crippen LogP contribution in [0.5, 0.6) is 0 Å². The van der Waals surface area contributed by atoms with Crippen molar-refractivity contribution in [3.8, 4) is 6.07 Å². The highest BCUT2D eigenvalue weighted by atomic mass is 35.5. The van der Waals surface area contributed by atoms with Gasteiger partial charge in [0.05, 0.1) is 0 Å². The Hall–Kier alpha value is -1.25. The second-order valence-corrected chi connectivity index (χ2v) is 2.88. The molecule has 0 fully saturated rings. The van der Waals surface area contributed by atoms with E-state index >= 15 is 0 Å². The average Bonchev–Trinajstić information content (AvgIpc) is 2.16. The molecular weight excluding hydrogens is 212 g/mol. The van der Waals surface area contributed by atoms with Crippen LogP contribution in [0.15, 0.2) is 6.07 Å². The first-order valence-corrected chi connectivity index (χ1v) is 4.05. The van der Waals surface area contributed by atoms with E-state index in [1.165, 1.54) is 0 Å². The molecule has 0 aliphatic rings. The Morgan fingerprint density at radius 1 is 1.64 bits per heavy atom. The van der Waals surface area contributed by atoms with E-state index in [1.807, 2.05) is 0 Å². The van der Waals surface area contributed by atoms with E-state index in [4.69, 9.17) is 22.6 Å². The first-order valence-electron chi connectivity index (χ1n) is 3.67. The maximum absolute atomic E-state index is 12.2. The second kappa shape index (κ2) is 4.31. The quantitative estimate of drug-likeness (QED) is 0.824. The molecule has 0 aliphatic carbocycles. The molecule has 0 saturated heterocycles. The molecule has 1 rings (SSSR count). The van der Waals surface area contributed by atoms with Gasteiger partial charge in [0.15, 0.2) is 0 Å². The zero-order valence-corrected chi connectivity index (χ0v) is 7.72. The zero-order chi connectivity index (χ0) is 10.7. The topological polar surface area (TPSA) is 62.7 Å². The Morgan fingerprint density at radius 2 is 2.29 bits per heavy atom. The van der Waals surface area contributed by atoms with Crippen LogP contribution in [-0.4, -0.2) is 4.98 Å². The van der Waals surface area contributed by atoms with Gasteiger partial charge in [-0.15, -0.1) is 0 Å². The number of nitrogens with two attached hydrogens (primary N) is 1. The van der Waals surface area contributed by atoms with E-state index in [1.54, 1.807) is 6.07 Å². The molecule has 1 aromatic heterocycles. The van der Waals surface area contributed by atoms with Crippen LogP contribution >= 0.6 is 11.6 Å². The highest BCUT2D eigenvalue weighted by Crippen LogP contribution is 2.24. The van der Waals surface area contributed by atoms with E-state index in [0.29, 0.717) is 5.56 Å². The van der Waals surface area contributed by atoms with Crippen molar-refractivity contribution in [2.24, 2.45) is 5.73 Å². The number of nitrogens with zero attached hydrogens (tertiary/aromatic N) is 2. The summed E-state index contributed by atoms with van der Waals surface area (Å²) < 4.78 is 24.5. The molecule has 0 amide bonds. The van der Waals surface area contributed by atoms with Gasteiger partial charge in [0.25, 0.3) is 6.43 Å². The summed E-state index contributed by atoms with van der Waals surface area (Å²) in [7, 11) is 0. The van der Waals surface area contributed by atoms with E-state index in [2.05, 4.69) is 4.98 Å². The fraction of sp³-hybridized carbons (Fsp3) is 0.250. The number of hydrogen-bond donors (Lipinski definition) is 1. The highest BCUT2D eigenvalue weighted by Gasteiger charge is 2.15. The second-order valence-electron chi connectivity index (χ2n) is 2.47. The molecule has 0 radical (unpaired) electrons. The van der Waals surface area contributed by atoms with E-state index in [0.717, 1.165) is 6.07 Å². The molecule has 2 N–H and O–H groups in total. The lowest BCUT2D eigenvalue weighted by molar-refractivity contribution is 0.146. The molecule has 74 valence electrons. The fourth-order valence-corrected chi connectivity index (χ4v) is 1.24. The van der Waals surface area contributed by atoms with Gasteiger partial charge in [-0.05, 0) is 6.07 Å². The molecule has 14 heavy (non-hydrogen) atoms. The molecule has 0 spiro atoms. The SMILES string of the molecule is N#Cc1nc(C(F)F)cc(Cl)c1CN. The largest absolute Gasteiger partial charge is 0.326 e. The smallest absolute Gasteiger partial charge is 0.280 e. The van der Waals surface area contributed by atoms with Crippen LogP contribution in [0.1, 0.15) is 23.4 Å². The molecule has 0 saturated carbocycles. The van der Waals surface area contributed by atoms with Gasteiger partial charge in [0, 0.05) is 17.1 Å². The summed E-state index contributed by atoms with van der Waals surface area (Å²) >= 11 is 5.65. The molecule has 0 unspecified atom stereocenters. The number of pyridine rings is 1. The Bertz CT molecular complexity index is 387. The third-order valence-corrected chi connectivity index (χ3v) is 1.96. The maximum atomic E-state index is 12.2. The van der Waals surface area contributed by atoms with Crippen molar-refractivity contribution in [1.82, 2.24) is 4.98 Å². The van der Waals surface area contributed by atoms with Crippen molar-refractivity contribution in [3.05, 3.63) is 28.0 Å². The molecule has 0 aliphatic heterocycles. The van der Waals surface area contributed by atoms with Crippen LogP contribution in [-0.2, 0) is 6.54 Å². The zero-order valence-electron chi connectivity index (χ0n) is 6.97. The van der Waals surface area contributed by atoms with Gasteiger partial charge in [0.2, 0.25) is 0 Å². The molecule has 0 atom stereocenters. The Balaban J connectivity index is 3.33. The number of aromatic nitrogens is 1. The molecule has 3 nitrogen and oxygen atoms in total. The van der Waals surface area contributed by atoms with Crippen molar-refractivity contribution in [2.45, 2.75) is 13.0 Å². The van der Waals surface area contributed by atoms with Gasteiger partial charge in [-0.1, -0.05) is 11.6 Å². The van der Waals surface area contributed by atoms with E-state index in [9.17, 15) is 8.78 Å². The molecule has 6 heteroatoms. The molecular formula is C8H6ClF2N3. The number of nitriles is 1. The van der Waals surface area contributed by atoms with Crippen molar-refractivity contribution in [2.75, 3.05) is 0 Å². The summed E-state index contributed by atoms with van der Waals surface area (Å²) in [6.45, 7) is -0.00174. The number of hydrogen-bond acceptors (Lipinski definition) is 3. The standard InChI is InChI=1S/C8H6ClF2N3/c9-5-1-6(8(10)11)14-7(3-13)4(5)2-12/h1,8H,2,12H2. The van der Waals surface area contributed by atoms with Crippen molar-refractivity contribution in [1.29, 1.82) is 5.26 Å². The van der Waals surface area contributed by atoms with Crippen LogP contribution in [0, 0.1) is 11.3 Å². The molecule has 1 aromatic rings. The van der Waals surface area contributed by atoms with Gasteiger partial charge < -0.3 is 5.73 Å². The predicted molar refractivity (Wildman–Crippen MR) is 46.8 cm³/mol. The van der Waals surface area contributed by atoms with Gasteiger partial charge in [-0.3, -0.25) is 0 Å². The number of rotatable bonds is 2. The van der Waals surface area contributed by atoms with Crippen LogP contribution in [0.25, 0.3) is 0 Å². The minimum atomic E-state index is -2.74. The van der Waals surface area contributed by atoms with Crippen LogP contribution in [0.4, 0.5) is 8.78 Å². The van der Waals surface area contributed by atoms with Crippen LogP contribution < -0.4 is 5.73 Å². The average molecular weight is 218 g/mol. The van der Waals surface area contributed by atoms with Crippen molar-refractivity contribution >= 4 is 11.6 Å². The predicted octanol–water partition coefficient (Wildman–Crippen LogP) is 2.00. The third-order valence-electron chi connectivity index (χ3n) is 1.62. The number of alkyl halides is 2. The summed E-state index contributed by atoms with van der Waals surface area (Å²) in [6.07, 6.45) is -2.74. The lowest BCUT2D eigenvalue weighted by atomic mass is 10.2. The fourth-order valence-electron chi connectivity index (χ4n) is 0.957. The Morgan fingerprint density at radius 3 is 2.71 bits per heavy atom. The van der Waals surface area contributed by atoms with Gasteiger partial charge in [-0.2, -0.15) is 5.26 Å². The summed E-state index contributed by atoms with van der Waals surface area (Å²) in [5, 5.41) is 8.66. The first kappa shape index (κ1) is 10.8. The van der Waals surface area contributed by atoms with Gasteiger partial charge in [-0.25, -0.2) is 13.8 Å². The normalized spacial score (nSPS) is 10.3. The molecule has 0 aromatic carbocycles. The van der Waals surface area contributed by atoms with Gasteiger partial charge >= 0.3 is 0 Å².